The predicted octanol–water partition coefficient (Wildman–Crippen LogP) is 2.44. The summed E-state index contributed by atoms with van der Waals surface area (Å²) in [5, 5.41) is 2.43. The number of primary amides is 1. The number of hydrogen-bond donors (Lipinski definition) is 2. The van der Waals surface area contributed by atoms with Crippen LogP contribution in [-0.2, 0) is 17.4 Å². The van der Waals surface area contributed by atoms with Gasteiger partial charge in [-0.15, -0.1) is 0 Å². The highest BCUT2D eigenvalue weighted by atomic mass is 19.4. The molecule has 25 heavy (non-hydrogen) atoms. The van der Waals surface area contributed by atoms with Crippen LogP contribution < -0.4 is 11.1 Å². The predicted molar refractivity (Wildman–Crippen MR) is 84.5 cm³/mol. The fourth-order valence-electron chi connectivity index (χ4n) is 4.00. The van der Waals surface area contributed by atoms with Crippen molar-refractivity contribution < 1.29 is 22.8 Å². The summed E-state index contributed by atoms with van der Waals surface area (Å²) in [5.41, 5.74) is 4.64. The summed E-state index contributed by atoms with van der Waals surface area (Å²) in [5.74, 6) is -0.248. The van der Waals surface area contributed by atoms with Crippen molar-refractivity contribution in [3.8, 4) is 0 Å². The molecule has 2 fully saturated rings. The van der Waals surface area contributed by atoms with E-state index in [1.54, 1.807) is 11.0 Å². The summed E-state index contributed by atoms with van der Waals surface area (Å²) in [6.45, 7) is 0. The van der Waals surface area contributed by atoms with Crippen LogP contribution in [0, 0.1) is 0 Å². The highest BCUT2D eigenvalue weighted by molar-refractivity contribution is 5.87. The minimum absolute atomic E-state index is 0.0291. The molecule has 1 aromatic carbocycles. The fourth-order valence-corrected chi connectivity index (χ4v) is 4.00. The molecule has 2 aliphatic rings. The third kappa shape index (κ3) is 3.57. The molecule has 2 heterocycles. The third-order valence-corrected chi connectivity index (χ3v) is 5.06. The van der Waals surface area contributed by atoms with E-state index >= 15 is 0 Å². The number of alkyl halides is 3. The maximum atomic E-state index is 13.2. The van der Waals surface area contributed by atoms with Gasteiger partial charge < -0.3 is 16.0 Å². The molecule has 0 saturated carbocycles. The molecule has 2 saturated heterocycles. The molecule has 3 atom stereocenters. The lowest BCUT2D eigenvalue weighted by Crippen LogP contribution is -2.57. The Hall–Kier alpha value is -2.25. The third-order valence-electron chi connectivity index (χ3n) is 5.06. The van der Waals surface area contributed by atoms with Crippen molar-refractivity contribution in [1.29, 1.82) is 0 Å². The van der Waals surface area contributed by atoms with Gasteiger partial charge >= 0.3 is 12.2 Å². The van der Waals surface area contributed by atoms with Crippen molar-refractivity contribution in [2.24, 2.45) is 5.73 Å². The van der Waals surface area contributed by atoms with E-state index in [-0.39, 0.29) is 30.0 Å². The molecule has 0 radical (unpaired) electrons. The minimum atomic E-state index is -4.42. The van der Waals surface area contributed by atoms with E-state index in [1.165, 1.54) is 12.1 Å². The van der Waals surface area contributed by atoms with Crippen LogP contribution in [0.5, 0.6) is 0 Å². The molecule has 0 aromatic heterocycles. The number of fused-ring (bicyclic) bond motifs is 1. The van der Waals surface area contributed by atoms with Gasteiger partial charge in [-0.25, -0.2) is 4.79 Å². The average molecular weight is 355 g/mol. The quantitative estimate of drug-likeness (QED) is 0.874. The average Bonchev–Trinajstić information content (AvgIpc) is 2.93. The highest BCUT2D eigenvalue weighted by Gasteiger charge is 2.44. The smallest absolute Gasteiger partial charge is 0.352 e. The summed E-state index contributed by atoms with van der Waals surface area (Å²) in [4.78, 5) is 25.4. The first-order chi connectivity index (χ1) is 11.8. The van der Waals surface area contributed by atoms with Crippen LogP contribution >= 0.6 is 0 Å². The van der Waals surface area contributed by atoms with Crippen molar-refractivity contribution >= 4 is 11.9 Å². The van der Waals surface area contributed by atoms with E-state index < -0.39 is 23.8 Å². The minimum Gasteiger partial charge on any atom is -0.352 e. The van der Waals surface area contributed by atoms with Crippen LogP contribution in [0.2, 0.25) is 0 Å². The lowest BCUT2D eigenvalue weighted by Gasteiger charge is -2.38. The molecule has 1 aromatic rings. The zero-order chi connectivity index (χ0) is 18.2. The largest absolute Gasteiger partial charge is 0.416 e. The molecule has 0 unspecified atom stereocenters. The van der Waals surface area contributed by atoms with Gasteiger partial charge in [0.1, 0.15) is 6.04 Å². The van der Waals surface area contributed by atoms with E-state index in [4.69, 9.17) is 5.73 Å². The monoisotopic (exact) mass is 355 g/mol. The lowest BCUT2D eigenvalue weighted by molar-refractivity contribution is -0.139. The Morgan fingerprint density at radius 1 is 1.20 bits per heavy atom. The number of nitrogens with one attached hydrogen (secondary N) is 1. The second-order valence-electron chi connectivity index (χ2n) is 6.63. The van der Waals surface area contributed by atoms with E-state index in [2.05, 4.69) is 5.32 Å². The van der Waals surface area contributed by atoms with Gasteiger partial charge in [0.15, 0.2) is 0 Å². The van der Waals surface area contributed by atoms with Crippen molar-refractivity contribution in [3.63, 3.8) is 0 Å². The van der Waals surface area contributed by atoms with Gasteiger partial charge in [-0.2, -0.15) is 13.2 Å². The molecule has 2 aliphatic heterocycles. The van der Waals surface area contributed by atoms with E-state index in [0.29, 0.717) is 19.3 Å². The summed E-state index contributed by atoms with van der Waals surface area (Å²) in [6, 6.07) is 3.75. The number of nitrogens with zero attached hydrogens (tertiary/aromatic N) is 1. The molecule has 3 rings (SSSR count). The molecular weight excluding hydrogens is 335 g/mol. The standard InChI is InChI=1S/C17H20F3N3O2/c18-17(19,20)13-4-2-1-3-10(13)9-12-6-5-11-7-8-14(22-16(21)25)15(24)23(11)12/h1-4,11-12,14H,5-9H2,(H3,21,22,25)/t11-,12-,14+/m0/s1. The first-order valence-electron chi connectivity index (χ1n) is 8.30. The molecule has 0 spiro atoms. The first kappa shape index (κ1) is 17.6. The number of amides is 3. The van der Waals surface area contributed by atoms with Crippen LogP contribution in [-0.4, -0.2) is 35.0 Å². The van der Waals surface area contributed by atoms with Gasteiger partial charge in [-0.1, -0.05) is 18.2 Å². The Kier molecular flexibility index (Phi) is 4.62. The van der Waals surface area contributed by atoms with Gasteiger partial charge in [0.05, 0.1) is 5.56 Å². The van der Waals surface area contributed by atoms with Gasteiger partial charge in [0.2, 0.25) is 5.91 Å². The Morgan fingerprint density at radius 2 is 1.88 bits per heavy atom. The number of hydrogen-bond acceptors (Lipinski definition) is 2. The maximum absolute atomic E-state index is 13.2. The fraction of sp³-hybridized carbons (Fsp3) is 0.529. The molecular formula is C17H20F3N3O2. The number of carbonyl (C=O) groups excluding carboxylic acids is 2. The van der Waals surface area contributed by atoms with Crippen molar-refractivity contribution in [2.45, 2.75) is 56.4 Å². The van der Waals surface area contributed by atoms with Crippen LogP contribution in [0.25, 0.3) is 0 Å². The maximum Gasteiger partial charge on any atom is 0.416 e. The van der Waals surface area contributed by atoms with Crippen molar-refractivity contribution in [2.75, 3.05) is 0 Å². The second-order valence-corrected chi connectivity index (χ2v) is 6.63. The SMILES string of the molecule is NC(=O)N[C@@H]1CC[C@@H]2CC[C@@H](Cc3ccccc3C(F)(F)F)N2C1=O. The van der Waals surface area contributed by atoms with E-state index in [1.807, 2.05) is 0 Å². The van der Waals surface area contributed by atoms with Gasteiger partial charge in [-0.3, -0.25) is 4.79 Å². The van der Waals surface area contributed by atoms with Crippen molar-refractivity contribution in [1.82, 2.24) is 10.2 Å². The molecule has 3 amide bonds. The Balaban J connectivity index is 1.80. The number of urea groups is 1. The Labute approximate surface area is 143 Å². The molecule has 5 nitrogen and oxygen atoms in total. The zero-order valence-corrected chi connectivity index (χ0v) is 13.6. The molecule has 0 bridgehead atoms. The van der Waals surface area contributed by atoms with Crippen LogP contribution in [0.1, 0.15) is 36.8 Å². The highest BCUT2D eigenvalue weighted by Crippen LogP contribution is 2.37. The summed E-state index contributed by atoms with van der Waals surface area (Å²) >= 11 is 0. The molecule has 136 valence electrons. The number of benzene rings is 1. The first-order valence-corrected chi connectivity index (χ1v) is 8.30. The number of rotatable bonds is 3. The van der Waals surface area contributed by atoms with Crippen LogP contribution in [0.3, 0.4) is 0 Å². The van der Waals surface area contributed by atoms with Crippen LogP contribution in [0.15, 0.2) is 24.3 Å². The van der Waals surface area contributed by atoms with E-state index in [9.17, 15) is 22.8 Å². The Bertz CT molecular complexity index is 677. The van der Waals surface area contributed by atoms with Gasteiger partial charge in [0.25, 0.3) is 0 Å². The lowest BCUT2D eigenvalue weighted by atomic mass is 9.96. The number of carbonyl (C=O) groups is 2. The van der Waals surface area contributed by atoms with Crippen molar-refractivity contribution in [3.05, 3.63) is 35.4 Å². The molecule has 3 N–H and O–H groups in total. The summed E-state index contributed by atoms with van der Waals surface area (Å²) in [6.07, 6.45) is -1.61. The summed E-state index contributed by atoms with van der Waals surface area (Å²) < 4.78 is 39.6. The van der Waals surface area contributed by atoms with E-state index in [0.717, 1.165) is 12.5 Å². The zero-order valence-electron chi connectivity index (χ0n) is 13.6. The molecule has 0 aliphatic carbocycles. The van der Waals surface area contributed by atoms with Gasteiger partial charge in [-0.05, 0) is 43.7 Å². The normalized spacial score (nSPS) is 26.4. The van der Waals surface area contributed by atoms with Crippen LogP contribution in [0.4, 0.5) is 18.0 Å². The second kappa shape index (κ2) is 6.57. The molecule has 8 heteroatoms. The number of halogens is 3. The topological polar surface area (TPSA) is 75.4 Å². The summed E-state index contributed by atoms with van der Waals surface area (Å²) in [7, 11) is 0. The number of piperidine rings is 1. The Morgan fingerprint density at radius 3 is 2.56 bits per heavy atom. The van der Waals surface area contributed by atoms with Gasteiger partial charge in [0, 0.05) is 12.1 Å². The number of nitrogens with two attached hydrogens (primary N) is 1.